The number of rotatable bonds is 6. The van der Waals surface area contributed by atoms with Crippen LogP contribution in [0.25, 0.3) is 0 Å². The molecule has 2 atom stereocenters. The van der Waals surface area contributed by atoms with Crippen LogP contribution in [-0.2, 0) is 19.6 Å². The van der Waals surface area contributed by atoms with Crippen molar-refractivity contribution in [2.45, 2.75) is 57.9 Å². The number of hydrogen-bond donors (Lipinski definition) is 0. The molecule has 4 rings (SSSR count). The van der Waals surface area contributed by atoms with Gasteiger partial charge in [-0.1, -0.05) is 31.0 Å². The zero-order valence-electron chi connectivity index (χ0n) is 17.6. The lowest BCUT2D eigenvalue weighted by Crippen LogP contribution is -2.34. The Hall–Kier alpha value is -2.08. The molecule has 1 heterocycles. The first-order chi connectivity index (χ1) is 14.9. The predicted molar refractivity (Wildman–Crippen MR) is 112 cm³/mol. The van der Waals surface area contributed by atoms with Gasteiger partial charge in [-0.05, 0) is 79.1 Å². The van der Waals surface area contributed by atoms with Gasteiger partial charge >= 0.3 is 6.18 Å². The first-order valence-electron chi connectivity index (χ1n) is 11.1. The third kappa shape index (κ3) is 6.00. The second-order valence-corrected chi connectivity index (χ2v) is 8.94. The Morgan fingerprint density at radius 1 is 1.03 bits per heavy atom. The topological polar surface area (TPSA) is 12.5 Å². The Labute approximate surface area is 181 Å². The molecule has 0 saturated heterocycles. The third-order valence-corrected chi connectivity index (χ3v) is 6.66. The van der Waals surface area contributed by atoms with E-state index in [9.17, 15) is 17.6 Å². The van der Waals surface area contributed by atoms with E-state index in [-0.39, 0.29) is 11.7 Å². The molecule has 6 heteroatoms. The second-order valence-electron chi connectivity index (χ2n) is 8.94. The molecule has 1 saturated carbocycles. The minimum Gasteiger partial charge on any atom is -0.489 e. The van der Waals surface area contributed by atoms with Crippen LogP contribution < -0.4 is 4.74 Å². The van der Waals surface area contributed by atoms with Gasteiger partial charge in [-0.3, -0.25) is 4.90 Å². The van der Waals surface area contributed by atoms with Crippen LogP contribution in [0.3, 0.4) is 0 Å². The van der Waals surface area contributed by atoms with Crippen molar-refractivity contribution in [1.29, 1.82) is 0 Å². The van der Waals surface area contributed by atoms with Gasteiger partial charge in [0, 0.05) is 13.1 Å². The highest BCUT2D eigenvalue weighted by atomic mass is 19.4. The Kier molecular flexibility index (Phi) is 6.85. The number of ether oxygens (including phenoxy) is 1. The zero-order chi connectivity index (χ0) is 21.8. The first kappa shape index (κ1) is 22.1. The summed E-state index contributed by atoms with van der Waals surface area (Å²) in [5.74, 6) is -0.426. The molecule has 2 aliphatic rings. The summed E-state index contributed by atoms with van der Waals surface area (Å²) in [6.45, 7) is 2.92. The van der Waals surface area contributed by atoms with Crippen LogP contribution in [0.15, 0.2) is 42.5 Å². The molecular formula is C25H29F4NO. The first-order valence-corrected chi connectivity index (χ1v) is 11.1. The van der Waals surface area contributed by atoms with Gasteiger partial charge in [0.25, 0.3) is 0 Å². The number of hydrogen-bond acceptors (Lipinski definition) is 2. The molecule has 31 heavy (non-hydrogen) atoms. The molecule has 2 unspecified atom stereocenters. The number of alkyl halides is 3. The smallest absolute Gasteiger partial charge is 0.391 e. The Bertz CT molecular complexity index is 882. The lowest BCUT2D eigenvalue weighted by Gasteiger charge is -2.33. The fourth-order valence-corrected chi connectivity index (χ4v) is 4.88. The van der Waals surface area contributed by atoms with Gasteiger partial charge in [0.2, 0.25) is 0 Å². The molecular weight excluding hydrogens is 406 g/mol. The lowest BCUT2D eigenvalue weighted by molar-refractivity contribution is -0.186. The number of nitrogens with zero attached hydrogens (tertiary/aromatic N) is 1. The van der Waals surface area contributed by atoms with Crippen LogP contribution in [0.2, 0.25) is 0 Å². The van der Waals surface area contributed by atoms with Crippen LogP contribution in [0.5, 0.6) is 5.75 Å². The monoisotopic (exact) mass is 435 g/mol. The lowest BCUT2D eigenvalue weighted by atomic mass is 9.79. The molecule has 2 aromatic carbocycles. The van der Waals surface area contributed by atoms with Gasteiger partial charge in [-0.15, -0.1) is 0 Å². The maximum atomic E-state index is 13.3. The van der Waals surface area contributed by atoms with Gasteiger partial charge < -0.3 is 4.74 Å². The van der Waals surface area contributed by atoms with Crippen molar-refractivity contribution in [3.8, 4) is 5.75 Å². The highest BCUT2D eigenvalue weighted by molar-refractivity contribution is 5.37. The molecule has 168 valence electrons. The van der Waals surface area contributed by atoms with Gasteiger partial charge in [-0.2, -0.15) is 13.2 Å². The molecule has 0 N–H and O–H groups in total. The normalized spacial score (nSPS) is 22.2. The zero-order valence-corrected chi connectivity index (χ0v) is 17.6. The summed E-state index contributed by atoms with van der Waals surface area (Å²) in [7, 11) is 0. The highest BCUT2D eigenvalue weighted by Gasteiger charge is 2.42. The Morgan fingerprint density at radius 2 is 1.90 bits per heavy atom. The van der Waals surface area contributed by atoms with Crippen molar-refractivity contribution in [2.24, 2.45) is 11.8 Å². The number of benzene rings is 2. The SMILES string of the molecule is Fc1cccc(COc2ccc3c(c2)CCN(CCC2CCCC(C(F)(F)F)C2)C3)c1. The van der Waals surface area contributed by atoms with E-state index >= 15 is 0 Å². The Morgan fingerprint density at radius 3 is 2.71 bits per heavy atom. The van der Waals surface area contributed by atoms with Gasteiger partial charge in [-0.25, -0.2) is 4.39 Å². The largest absolute Gasteiger partial charge is 0.489 e. The van der Waals surface area contributed by atoms with Crippen LogP contribution in [-0.4, -0.2) is 24.2 Å². The molecule has 0 amide bonds. The van der Waals surface area contributed by atoms with Gasteiger partial charge in [0.1, 0.15) is 18.2 Å². The summed E-state index contributed by atoms with van der Waals surface area (Å²) in [5, 5.41) is 0. The summed E-state index contributed by atoms with van der Waals surface area (Å²) < 4.78 is 58.2. The molecule has 2 nitrogen and oxygen atoms in total. The van der Waals surface area contributed by atoms with E-state index in [1.807, 2.05) is 12.1 Å². The van der Waals surface area contributed by atoms with E-state index in [1.165, 1.54) is 23.3 Å². The Balaban J connectivity index is 1.27. The van der Waals surface area contributed by atoms with Crippen molar-refractivity contribution in [3.05, 3.63) is 65.0 Å². The summed E-state index contributed by atoms with van der Waals surface area (Å²) in [5.41, 5.74) is 3.29. The number of halogens is 4. The quantitative estimate of drug-likeness (QED) is 0.479. The summed E-state index contributed by atoms with van der Waals surface area (Å²) in [6.07, 6.45) is -0.101. The van der Waals surface area contributed by atoms with Crippen molar-refractivity contribution < 1.29 is 22.3 Å². The minimum absolute atomic E-state index is 0.181. The average Bonchev–Trinajstić information content (AvgIpc) is 2.76. The number of fused-ring (bicyclic) bond motifs is 1. The van der Waals surface area contributed by atoms with Gasteiger partial charge in [0.05, 0.1) is 5.92 Å². The minimum atomic E-state index is -4.04. The average molecular weight is 436 g/mol. The van der Waals surface area contributed by atoms with Crippen LogP contribution >= 0.6 is 0 Å². The molecule has 0 bridgehead atoms. The maximum absolute atomic E-state index is 13.3. The molecule has 0 radical (unpaired) electrons. The van der Waals surface area contributed by atoms with Crippen molar-refractivity contribution in [1.82, 2.24) is 4.90 Å². The second kappa shape index (κ2) is 9.60. The van der Waals surface area contributed by atoms with Crippen LogP contribution in [0.4, 0.5) is 17.6 Å². The van der Waals surface area contributed by atoms with Crippen molar-refractivity contribution in [2.75, 3.05) is 13.1 Å². The molecule has 1 aliphatic carbocycles. The summed E-state index contributed by atoms with van der Waals surface area (Å²) in [4.78, 5) is 2.35. The van der Waals surface area contributed by atoms with Gasteiger partial charge in [0.15, 0.2) is 0 Å². The van der Waals surface area contributed by atoms with E-state index in [4.69, 9.17) is 4.74 Å². The summed E-state index contributed by atoms with van der Waals surface area (Å²) in [6, 6.07) is 12.5. The van der Waals surface area contributed by atoms with E-state index in [1.54, 1.807) is 6.07 Å². The van der Waals surface area contributed by atoms with Crippen molar-refractivity contribution in [3.63, 3.8) is 0 Å². The van der Waals surface area contributed by atoms with E-state index in [0.717, 1.165) is 50.2 Å². The van der Waals surface area contributed by atoms with E-state index in [0.29, 0.717) is 25.9 Å². The highest BCUT2D eigenvalue weighted by Crippen LogP contribution is 2.41. The third-order valence-electron chi connectivity index (χ3n) is 6.66. The van der Waals surface area contributed by atoms with Crippen LogP contribution in [0.1, 0.15) is 48.8 Å². The van der Waals surface area contributed by atoms with E-state index in [2.05, 4.69) is 17.0 Å². The maximum Gasteiger partial charge on any atom is 0.391 e. The van der Waals surface area contributed by atoms with Crippen LogP contribution in [0, 0.1) is 17.7 Å². The predicted octanol–water partition coefficient (Wildman–Crippen LogP) is 6.52. The molecule has 0 aromatic heterocycles. The fraction of sp³-hybridized carbons (Fsp3) is 0.520. The molecule has 2 aromatic rings. The fourth-order valence-electron chi connectivity index (χ4n) is 4.88. The standard InChI is InChI=1S/C25H29F4NO/c26-23-6-2-4-19(14-23)17-31-24-8-7-21-16-30(12-10-20(21)15-24)11-9-18-3-1-5-22(13-18)25(27,28)29/h2,4,6-8,14-15,18,22H,1,3,5,9-13,16-17H2. The molecule has 1 fully saturated rings. The molecule has 1 aliphatic heterocycles. The summed E-state index contributed by atoms with van der Waals surface area (Å²) >= 11 is 0. The van der Waals surface area contributed by atoms with E-state index < -0.39 is 12.1 Å². The van der Waals surface area contributed by atoms with Crippen molar-refractivity contribution >= 4 is 0 Å². The molecule has 0 spiro atoms.